The minimum Gasteiger partial charge on any atom is -0.442 e. The maximum absolute atomic E-state index is 13.3. The van der Waals surface area contributed by atoms with E-state index in [-0.39, 0.29) is 38.5 Å². The molecule has 0 spiro atoms. The summed E-state index contributed by atoms with van der Waals surface area (Å²) in [4.78, 5) is 26.5. The van der Waals surface area contributed by atoms with Crippen LogP contribution in [0.1, 0.15) is 96.2 Å². The number of Topliss-reactive ketones (excluding diaryl/α,β-unsaturated/α-hetero) is 2. The third kappa shape index (κ3) is 4.02. The first-order valence-corrected chi connectivity index (χ1v) is 14.1. The molecule has 1 aromatic carbocycles. The molecule has 2 N–H and O–H groups in total. The average molecular weight is 515 g/mol. The first-order chi connectivity index (χ1) is 16.5. The van der Waals surface area contributed by atoms with E-state index in [0.717, 1.165) is 49.7 Å². The average Bonchev–Trinajstić information content (AvgIpc) is 3.15. The molecule has 3 aliphatic carbocycles. The molecule has 0 radical (unpaired) electrons. The predicted octanol–water partition coefficient (Wildman–Crippen LogP) is 4.73. The lowest BCUT2D eigenvalue weighted by molar-refractivity contribution is 0.0813. The fourth-order valence-corrected chi connectivity index (χ4v) is 7.49. The van der Waals surface area contributed by atoms with Gasteiger partial charge < -0.3 is 9.73 Å². The Bertz CT molecular complexity index is 1360. The first kappa shape index (κ1) is 24.2. The van der Waals surface area contributed by atoms with E-state index in [2.05, 4.69) is 23.9 Å². The Hall–Kier alpha value is -2.52. The van der Waals surface area contributed by atoms with Gasteiger partial charge in [-0.3, -0.25) is 14.3 Å². The summed E-state index contributed by atoms with van der Waals surface area (Å²) in [5.41, 5.74) is 2.80. The second kappa shape index (κ2) is 8.55. The van der Waals surface area contributed by atoms with Crippen LogP contribution in [0.25, 0.3) is 11.3 Å². The number of sulfonamides is 1. The van der Waals surface area contributed by atoms with Crippen LogP contribution < -0.4 is 10.0 Å². The van der Waals surface area contributed by atoms with Crippen molar-refractivity contribution in [2.75, 3.05) is 0 Å². The normalized spacial score (nSPS) is 19.5. The minimum absolute atomic E-state index is 0.00442. The van der Waals surface area contributed by atoms with Gasteiger partial charge in [0.05, 0.1) is 5.56 Å². The fraction of sp³-hybridized carbons (Fsp3) is 0.500. The van der Waals surface area contributed by atoms with Gasteiger partial charge in [0.25, 0.3) is 10.0 Å². The van der Waals surface area contributed by atoms with E-state index in [1.807, 2.05) is 6.07 Å². The van der Waals surface area contributed by atoms with Gasteiger partial charge in [-0.1, -0.05) is 45.2 Å². The van der Waals surface area contributed by atoms with E-state index in [4.69, 9.17) is 16.6 Å². The molecule has 5 rings (SSSR count). The minimum atomic E-state index is -4.20. The molecule has 0 unspecified atom stereocenters. The van der Waals surface area contributed by atoms with Crippen LogP contribution in [-0.4, -0.2) is 31.1 Å². The summed E-state index contributed by atoms with van der Waals surface area (Å²) in [5, 5.41) is 2.70. The maximum atomic E-state index is 13.3. The number of hydrogen-bond donors (Lipinski definition) is 2. The van der Waals surface area contributed by atoms with Gasteiger partial charge in [-0.05, 0) is 67.8 Å². The van der Waals surface area contributed by atoms with E-state index < -0.39 is 21.6 Å². The molecular formula is C26H30N2O5S2. The van der Waals surface area contributed by atoms with Gasteiger partial charge in [-0.25, -0.2) is 0 Å². The third-order valence-corrected chi connectivity index (χ3v) is 9.39. The van der Waals surface area contributed by atoms with Gasteiger partial charge in [-0.2, -0.15) is 8.42 Å². The Morgan fingerprint density at radius 2 is 1.74 bits per heavy atom. The molecule has 7 nitrogen and oxygen atoms in total. The van der Waals surface area contributed by atoms with Crippen molar-refractivity contribution in [3.8, 4) is 11.3 Å². The molecular weight excluding hydrogens is 484 g/mol. The summed E-state index contributed by atoms with van der Waals surface area (Å²) in [6.07, 6.45) is 7.80. The monoisotopic (exact) mass is 514 g/mol. The molecule has 35 heavy (non-hydrogen) atoms. The van der Waals surface area contributed by atoms with Crippen molar-refractivity contribution in [3.63, 3.8) is 0 Å². The zero-order chi connectivity index (χ0) is 25.1. The molecule has 1 saturated carbocycles. The Morgan fingerprint density at radius 1 is 1.06 bits per heavy atom. The summed E-state index contributed by atoms with van der Waals surface area (Å²) < 4.78 is 34.7. The summed E-state index contributed by atoms with van der Waals surface area (Å²) in [7, 11) is -4.20. The maximum Gasteiger partial charge on any atom is 0.297 e. The number of nitrogens with one attached hydrogen (secondary N) is 2. The van der Waals surface area contributed by atoms with E-state index >= 15 is 0 Å². The highest BCUT2D eigenvalue weighted by Crippen LogP contribution is 2.46. The van der Waals surface area contributed by atoms with Crippen molar-refractivity contribution in [3.05, 3.63) is 39.9 Å². The van der Waals surface area contributed by atoms with Crippen LogP contribution in [0, 0.1) is 6.92 Å². The number of ketones is 2. The summed E-state index contributed by atoms with van der Waals surface area (Å²) >= 11 is 5.26. The van der Waals surface area contributed by atoms with Crippen molar-refractivity contribution in [2.45, 2.75) is 88.7 Å². The van der Waals surface area contributed by atoms with Crippen molar-refractivity contribution < 1.29 is 22.4 Å². The number of carbonyl (C=O) groups excluding carboxylic acids is 2. The smallest absolute Gasteiger partial charge is 0.297 e. The number of rotatable bonds is 3. The van der Waals surface area contributed by atoms with Crippen LogP contribution in [-0.2, 0) is 21.9 Å². The van der Waals surface area contributed by atoms with Crippen LogP contribution in [0.2, 0.25) is 0 Å². The molecule has 0 amide bonds. The number of thiocarbonyl (C=S) groups is 1. The molecule has 0 aliphatic heterocycles. The standard InChI is InChI=1S/C26H30N2O5S2/c1-14-19-21(29)22(30)20-16-10-7-13-26(2,3)18(16)12-11-17(20)23(19)33-24(14)35(31,32)28-25(34)27-15-8-5-4-6-9-15/h11-12,15H,4-10,13H2,1-3H3,(H2,27,28,34). The van der Waals surface area contributed by atoms with Crippen molar-refractivity contribution in [1.29, 1.82) is 0 Å². The Labute approximate surface area is 211 Å². The van der Waals surface area contributed by atoms with Gasteiger partial charge in [-0.15, -0.1) is 0 Å². The second-order valence-electron chi connectivity index (χ2n) is 10.5. The highest BCUT2D eigenvalue weighted by atomic mass is 32.2. The highest BCUT2D eigenvalue weighted by Gasteiger charge is 2.42. The molecule has 1 aromatic heterocycles. The Balaban J connectivity index is 1.54. The van der Waals surface area contributed by atoms with Crippen LogP contribution in [0.5, 0.6) is 0 Å². The Kier molecular flexibility index (Phi) is 5.91. The van der Waals surface area contributed by atoms with E-state index in [1.165, 1.54) is 13.3 Å². The lowest BCUT2D eigenvalue weighted by atomic mass is 9.69. The van der Waals surface area contributed by atoms with Crippen molar-refractivity contribution in [1.82, 2.24) is 10.0 Å². The number of furan rings is 1. The van der Waals surface area contributed by atoms with Gasteiger partial charge in [0.15, 0.2) is 5.11 Å². The van der Waals surface area contributed by atoms with Crippen LogP contribution in [0.3, 0.4) is 0 Å². The Morgan fingerprint density at radius 3 is 2.46 bits per heavy atom. The van der Waals surface area contributed by atoms with Crippen LogP contribution in [0.15, 0.2) is 21.6 Å². The summed E-state index contributed by atoms with van der Waals surface area (Å²) in [6, 6.07) is 3.89. The number of benzene rings is 1. The number of fused-ring (bicyclic) bond motifs is 5. The van der Waals surface area contributed by atoms with Crippen LogP contribution in [0.4, 0.5) is 0 Å². The largest absolute Gasteiger partial charge is 0.442 e. The molecule has 2 aromatic rings. The van der Waals surface area contributed by atoms with Crippen LogP contribution >= 0.6 is 12.2 Å². The number of hydrogen-bond acceptors (Lipinski definition) is 6. The van der Waals surface area contributed by atoms with Gasteiger partial charge in [0.1, 0.15) is 5.76 Å². The molecule has 9 heteroatoms. The molecule has 0 saturated heterocycles. The molecule has 186 valence electrons. The molecule has 3 aliphatic rings. The second-order valence-corrected chi connectivity index (χ2v) is 12.5. The van der Waals surface area contributed by atoms with E-state index in [1.54, 1.807) is 6.07 Å². The quantitative estimate of drug-likeness (QED) is 0.450. The van der Waals surface area contributed by atoms with E-state index in [9.17, 15) is 18.0 Å². The molecule has 0 bridgehead atoms. The highest BCUT2D eigenvalue weighted by molar-refractivity contribution is 7.91. The molecule has 1 heterocycles. The topological polar surface area (TPSA) is 105 Å². The predicted molar refractivity (Wildman–Crippen MR) is 136 cm³/mol. The van der Waals surface area contributed by atoms with E-state index in [0.29, 0.717) is 17.5 Å². The molecule has 0 atom stereocenters. The van der Waals surface area contributed by atoms with Gasteiger partial charge >= 0.3 is 0 Å². The zero-order valence-electron chi connectivity index (χ0n) is 20.2. The lowest BCUT2D eigenvalue weighted by Crippen LogP contribution is -2.44. The zero-order valence-corrected chi connectivity index (χ0v) is 21.9. The van der Waals surface area contributed by atoms with Crippen molar-refractivity contribution >= 4 is 38.9 Å². The lowest BCUT2D eigenvalue weighted by Gasteiger charge is -2.34. The van der Waals surface area contributed by atoms with Gasteiger partial charge in [0.2, 0.25) is 16.7 Å². The first-order valence-electron chi connectivity index (χ1n) is 12.2. The summed E-state index contributed by atoms with van der Waals surface area (Å²) in [5.74, 6) is -1.19. The molecule has 1 fully saturated rings. The SMILES string of the molecule is Cc1c(S(=O)(=O)NC(=S)NC2CCCCC2)oc2c1C(=O)C(=O)c1c-2ccc2c1CCCC2(C)C. The third-order valence-electron chi connectivity index (χ3n) is 7.69. The van der Waals surface area contributed by atoms with Gasteiger partial charge in [0, 0.05) is 22.7 Å². The fourth-order valence-electron chi connectivity index (χ4n) is 5.90. The summed E-state index contributed by atoms with van der Waals surface area (Å²) in [6.45, 7) is 5.76. The number of carbonyl (C=O) groups is 2. The van der Waals surface area contributed by atoms with Crippen molar-refractivity contribution in [2.24, 2.45) is 0 Å².